The van der Waals surface area contributed by atoms with E-state index in [-0.39, 0.29) is 31.3 Å². The fourth-order valence-electron chi connectivity index (χ4n) is 1.25. The Labute approximate surface area is 97.8 Å². The van der Waals surface area contributed by atoms with Gasteiger partial charge in [0, 0.05) is 18.3 Å². The molecule has 0 atom stereocenters. The highest BCUT2D eigenvalue weighted by molar-refractivity contribution is 5.58. The van der Waals surface area contributed by atoms with E-state index in [0.29, 0.717) is 12.2 Å². The largest absolute Gasteiger partial charge is 0.484 e. The van der Waals surface area contributed by atoms with Gasteiger partial charge in [-0.3, -0.25) is 10.1 Å². The minimum atomic E-state index is -0.559. The highest BCUT2D eigenvalue weighted by Gasteiger charge is 2.15. The topological polar surface area (TPSA) is 105 Å². The molecule has 94 valence electrons. The van der Waals surface area contributed by atoms with Gasteiger partial charge in [-0.15, -0.1) is 0 Å². The van der Waals surface area contributed by atoms with Gasteiger partial charge in [-0.05, 0) is 12.1 Å². The minimum absolute atomic E-state index is 0.00422. The maximum atomic E-state index is 10.8. The predicted molar refractivity (Wildman–Crippen MR) is 61.3 cm³/mol. The zero-order chi connectivity index (χ0) is 12.7. The molecule has 1 rings (SSSR count). The molecule has 0 aromatic heterocycles. The number of hydrogen-bond donors (Lipinski definition) is 3. The van der Waals surface area contributed by atoms with E-state index in [1.807, 2.05) is 0 Å². The molecule has 0 radical (unpaired) electrons. The summed E-state index contributed by atoms with van der Waals surface area (Å²) in [6.45, 7) is 0.0521. The van der Waals surface area contributed by atoms with Crippen molar-refractivity contribution >= 4 is 11.4 Å². The van der Waals surface area contributed by atoms with Gasteiger partial charge in [0.25, 0.3) is 0 Å². The Balaban J connectivity index is 2.87. The molecule has 0 unspecified atom stereocenters. The first-order valence-electron chi connectivity index (χ1n) is 5.06. The summed E-state index contributed by atoms with van der Waals surface area (Å²) < 4.78 is 5.04. The Morgan fingerprint density at radius 1 is 1.35 bits per heavy atom. The average molecular weight is 242 g/mol. The molecule has 0 aliphatic carbocycles. The highest BCUT2D eigenvalue weighted by atomic mass is 16.6. The minimum Gasteiger partial charge on any atom is -0.484 e. The zero-order valence-corrected chi connectivity index (χ0v) is 9.13. The number of anilines is 1. The SMILES string of the molecule is O=[N+]([O-])c1cc(NCCO)ccc1OCCO. The van der Waals surface area contributed by atoms with Crippen molar-refractivity contribution in [2.75, 3.05) is 31.7 Å². The van der Waals surface area contributed by atoms with E-state index >= 15 is 0 Å². The Hall–Kier alpha value is -1.86. The Kier molecular flexibility index (Phi) is 5.18. The van der Waals surface area contributed by atoms with Crippen LogP contribution in [0.4, 0.5) is 11.4 Å². The number of aliphatic hydroxyl groups excluding tert-OH is 2. The number of hydrogen-bond acceptors (Lipinski definition) is 6. The van der Waals surface area contributed by atoms with Gasteiger partial charge in [0.2, 0.25) is 0 Å². The molecule has 0 saturated carbocycles. The van der Waals surface area contributed by atoms with Crippen LogP contribution in [0.3, 0.4) is 0 Å². The van der Waals surface area contributed by atoms with Gasteiger partial charge < -0.3 is 20.3 Å². The monoisotopic (exact) mass is 242 g/mol. The molecule has 0 amide bonds. The molecule has 0 spiro atoms. The number of nitro benzene ring substituents is 1. The van der Waals surface area contributed by atoms with Gasteiger partial charge in [0.1, 0.15) is 6.61 Å². The van der Waals surface area contributed by atoms with E-state index in [4.69, 9.17) is 14.9 Å². The summed E-state index contributed by atoms with van der Waals surface area (Å²) in [5.41, 5.74) is 0.350. The number of nitro groups is 1. The lowest BCUT2D eigenvalue weighted by molar-refractivity contribution is -0.385. The molecular formula is C10H14N2O5. The van der Waals surface area contributed by atoms with Crippen molar-refractivity contribution in [1.82, 2.24) is 0 Å². The molecule has 0 heterocycles. The quantitative estimate of drug-likeness (QED) is 0.471. The summed E-state index contributed by atoms with van der Waals surface area (Å²) in [7, 11) is 0. The number of rotatable bonds is 7. The number of ether oxygens (including phenoxy) is 1. The molecule has 0 bridgehead atoms. The first-order valence-corrected chi connectivity index (χ1v) is 5.06. The molecule has 17 heavy (non-hydrogen) atoms. The standard InChI is InChI=1S/C10H14N2O5/c13-4-3-11-8-1-2-10(17-6-5-14)9(7-8)12(15)16/h1-2,7,11,13-14H,3-6H2. The van der Waals surface area contributed by atoms with Crippen LogP contribution in [0.5, 0.6) is 5.75 Å². The molecule has 1 aromatic carbocycles. The second-order valence-electron chi connectivity index (χ2n) is 3.16. The van der Waals surface area contributed by atoms with Crippen LogP contribution in [0.25, 0.3) is 0 Å². The van der Waals surface area contributed by atoms with Crippen molar-refractivity contribution in [1.29, 1.82) is 0 Å². The maximum Gasteiger partial charge on any atom is 0.312 e. The van der Waals surface area contributed by atoms with E-state index in [1.54, 1.807) is 6.07 Å². The predicted octanol–water partition coefficient (Wildman–Crippen LogP) is 0.370. The lowest BCUT2D eigenvalue weighted by atomic mass is 10.2. The van der Waals surface area contributed by atoms with E-state index in [1.165, 1.54) is 12.1 Å². The van der Waals surface area contributed by atoms with Gasteiger partial charge >= 0.3 is 5.69 Å². The highest BCUT2D eigenvalue weighted by Crippen LogP contribution is 2.29. The summed E-state index contributed by atoms with van der Waals surface area (Å²) in [5.74, 6) is 0.110. The third kappa shape index (κ3) is 3.89. The summed E-state index contributed by atoms with van der Waals surface area (Å²) in [4.78, 5) is 10.2. The second kappa shape index (κ2) is 6.66. The van der Waals surface area contributed by atoms with Crippen molar-refractivity contribution in [2.24, 2.45) is 0 Å². The van der Waals surface area contributed by atoms with Crippen LogP contribution < -0.4 is 10.1 Å². The second-order valence-corrected chi connectivity index (χ2v) is 3.16. The Morgan fingerprint density at radius 2 is 2.12 bits per heavy atom. The summed E-state index contributed by atoms with van der Waals surface area (Å²) >= 11 is 0. The smallest absolute Gasteiger partial charge is 0.312 e. The third-order valence-corrected chi connectivity index (χ3v) is 1.95. The Bertz CT molecular complexity index is 383. The number of benzene rings is 1. The summed E-state index contributed by atoms with van der Waals surface area (Å²) in [6.07, 6.45) is 0. The molecule has 0 aliphatic rings. The first-order chi connectivity index (χ1) is 8.19. The van der Waals surface area contributed by atoms with E-state index in [2.05, 4.69) is 5.32 Å². The van der Waals surface area contributed by atoms with Crippen LogP contribution in [0.15, 0.2) is 18.2 Å². The molecule has 3 N–H and O–H groups in total. The molecular weight excluding hydrogens is 228 g/mol. The van der Waals surface area contributed by atoms with Gasteiger partial charge in [-0.25, -0.2) is 0 Å². The fourth-order valence-corrected chi connectivity index (χ4v) is 1.25. The van der Waals surface area contributed by atoms with Gasteiger partial charge in [-0.1, -0.05) is 0 Å². The van der Waals surface area contributed by atoms with Gasteiger partial charge in [0.05, 0.1) is 18.1 Å². The van der Waals surface area contributed by atoms with Crippen molar-refractivity contribution in [3.8, 4) is 5.75 Å². The van der Waals surface area contributed by atoms with Crippen molar-refractivity contribution in [2.45, 2.75) is 0 Å². The van der Waals surface area contributed by atoms with Crippen LogP contribution in [0.2, 0.25) is 0 Å². The zero-order valence-electron chi connectivity index (χ0n) is 9.13. The van der Waals surface area contributed by atoms with Gasteiger partial charge in [0.15, 0.2) is 5.75 Å². The Morgan fingerprint density at radius 3 is 2.71 bits per heavy atom. The van der Waals surface area contributed by atoms with Gasteiger partial charge in [-0.2, -0.15) is 0 Å². The molecule has 7 nitrogen and oxygen atoms in total. The van der Waals surface area contributed by atoms with Crippen LogP contribution >= 0.6 is 0 Å². The average Bonchev–Trinajstić information content (AvgIpc) is 2.34. The van der Waals surface area contributed by atoms with Crippen LogP contribution in [-0.2, 0) is 0 Å². The summed E-state index contributed by atoms with van der Waals surface area (Å²) in [5, 5.41) is 30.8. The van der Waals surface area contributed by atoms with E-state index < -0.39 is 4.92 Å². The van der Waals surface area contributed by atoms with E-state index in [0.717, 1.165) is 0 Å². The molecule has 0 fully saturated rings. The maximum absolute atomic E-state index is 10.8. The fraction of sp³-hybridized carbons (Fsp3) is 0.400. The molecule has 0 saturated heterocycles. The number of nitrogens with zero attached hydrogens (tertiary/aromatic N) is 1. The normalized spacial score (nSPS) is 10.0. The van der Waals surface area contributed by atoms with Crippen LogP contribution in [0, 0.1) is 10.1 Å². The lowest BCUT2D eigenvalue weighted by Crippen LogP contribution is -2.07. The number of aliphatic hydroxyl groups is 2. The third-order valence-electron chi connectivity index (χ3n) is 1.95. The first kappa shape index (κ1) is 13.2. The lowest BCUT2D eigenvalue weighted by Gasteiger charge is -2.08. The van der Waals surface area contributed by atoms with Crippen LogP contribution in [0.1, 0.15) is 0 Å². The molecule has 0 aliphatic heterocycles. The number of nitrogens with one attached hydrogen (secondary N) is 1. The van der Waals surface area contributed by atoms with Crippen molar-refractivity contribution < 1.29 is 19.9 Å². The van der Waals surface area contributed by atoms with Crippen molar-refractivity contribution in [3.63, 3.8) is 0 Å². The van der Waals surface area contributed by atoms with Crippen molar-refractivity contribution in [3.05, 3.63) is 28.3 Å². The molecule has 1 aromatic rings. The molecule has 7 heteroatoms. The summed E-state index contributed by atoms with van der Waals surface area (Å²) in [6, 6.07) is 4.38. The van der Waals surface area contributed by atoms with E-state index in [9.17, 15) is 10.1 Å². The van der Waals surface area contributed by atoms with Crippen LogP contribution in [-0.4, -0.2) is 41.5 Å².